The molecule has 39 heavy (non-hydrogen) atoms. The molecule has 5 aromatic carbocycles. The number of fused-ring (bicyclic) bond motifs is 3. The first-order chi connectivity index (χ1) is 19.3. The highest BCUT2D eigenvalue weighted by molar-refractivity contribution is 7.20. The van der Waals surface area contributed by atoms with Gasteiger partial charge in [-0.1, -0.05) is 109 Å². The standard InChI is InChI=1S/C37H27NS/c1-4-12-27(13-5-1)28-22-24-31(25-23-28)38(30-15-6-2-7-16-30)32-17-10-14-29(26-32)33-19-11-20-35-34-18-8-3-9-21-36(34)39-37(33)35/h1-2,4-26H,3H2. The van der Waals surface area contributed by atoms with Crippen LogP contribution in [0.2, 0.25) is 0 Å². The Hall–Kier alpha value is -4.66. The van der Waals surface area contributed by atoms with E-state index in [0.717, 1.165) is 23.5 Å². The third kappa shape index (κ3) is 4.50. The summed E-state index contributed by atoms with van der Waals surface area (Å²) in [5, 5.41) is 1.33. The molecule has 0 amide bonds. The van der Waals surface area contributed by atoms with Crippen molar-refractivity contribution in [2.75, 3.05) is 4.90 Å². The minimum absolute atomic E-state index is 0.992. The number of thiophene rings is 1. The average Bonchev–Trinajstić information content (AvgIpc) is 3.19. The summed E-state index contributed by atoms with van der Waals surface area (Å²) in [6, 6.07) is 45.7. The Morgan fingerprint density at radius 2 is 1.15 bits per heavy atom. The van der Waals surface area contributed by atoms with Crippen LogP contribution in [0, 0.1) is 0 Å². The van der Waals surface area contributed by atoms with E-state index in [4.69, 9.17) is 0 Å². The van der Waals surface area contributed by atoms with Gasteiger partial charge in [0.15, 0.2) is 0 Å². The molecule has 0 saturated heterocycles. The van der Waals surface area contributed by atoms with Crippen molar-refractivity contribution >= 4 is 50.6 Å². The number of para-hydroxylation sites is 1. The van der Waals surface area contributed by atoms with Gasteiger partial charge in [-0.15, -0.1) is 11.3 Å². The summed E-state index contributed by atoms with van der Waals surface area (Å²) in [5.41, 5.74) is 9.70. The summed E-state index contributed by atoms with van der Waals surface area (Å²) in [7, 11) is 0. The zero-order valence-corrected chi connectivity index (χ0v) is 22.3. The molecule has 0 fully saturated rings. The normalized spacial score (nSPS) is 12.3. The first-order valence-corrected chi connectivity index (χ1v) is 14.2. The number of anilines is 3. The molecule has 7 rings (SSSR count). The molecule has 0 radical (unpaired) electrons. The van der Waals surface area contributed by atoms with Gasteiger partial charge in [0, 0.05) is 37.6 Å². The van der Waals surface area contributed by atoms with E-state index in [1.165, 1.54) is 42.8 Å². The molecule has 1 aliphatic rings. The largest absolute Gasteiger partial charge is 0.310 e. The van der Waals surface area contributed by atoms with Gasteiger partial charge in [-0.3, -0.25) is 0 Å². The lowest BCUT2D eigenvalue weighted by atomic mass is 10.0. The van der Waals surface area contributed by atoms with E-state index in [9.17, 15) is 0 Å². The zero-order chi connectivity index (χ0) is 26.0. The van der Waals surface area contributed by atoms with Gasteiger partial charge in [-0.25, -0.2) is 0 Å². The fourth-order valence-corrected chi connectivity index (χ4v) is 6.65. The highest BCUT2D eigenvalue weighted by Crippen LogP contribution is 2.42. The Kier molecular flexibility index (Phi) is 6.16. The van der Waals surface area contributed by atoms with Gasteiger partial charge in [0.2, 0.25) is 0 Å². The van der Waals surface area contributed by atoms with Crippen LogP contribution in [0.25, 0.3) is 44.5 Å². The molecule has 1 aliphatic carbocycles. The molecule has 1 aromatic heterocycles. The number of hydrogen-bond acceptors (Lipinski definition) is 2. The maximum atomic E-state index is 2.34. The molecule has 0 bridgehead atoms. The first kappa shape index (κ1) is 23.5. The van der Waals surface area contributed by atoms with Crippen molar-refractivity contribution in [3.8, 4) is 22.3 Å². The quantitative estimate of drug-likeness (QED) is 0.220. The maximum Gasteiger partial charge on any atom is 0.0467 e. The van der Waals surface area contributed by atoms with Crippen LogP contribution in [-0.2, 0) is 0 Å². The van der Waals surface area contributed by atoms with Crippen LogP contribution in [0.1, 0.15) is 16.9 Å². The van der Waals surface area contributed by atoms with Crippen molar-refractivity contribution < 1.29 is 0 Å². The van der Waals surface area contributed by atoms with Crippen LogP contribution in [0.3, 0.4) is 0 Å². The lowest BCUT2D eigenvalue weighted by Gasteiger charge is -2.26. The molecular formula is C37H27NS. The van der Waals surface area contributed by atoms with Crippen LogP contribution in [0.4, 0.5) is 17.1 Å². The summed E-state index contributed by atoms with van der Waals surface area (Å²) >= 11 is 1.89. The number of benzene rings is 5. The molecule has 0 N–H and O–H groups in total. The fraction of sp³-hybridized carbons (Fsp3) is 0.0270. The predicted molar refractivity (Wildman–Crippen MR) is 170 cm³/mol. The van der Waals surface area contributed by atoms with Crippen molar-refractivity contribution in [1.29, 1.82) is 0 Å². The molecule has 6 aromatic rings. The Balaban J connectivity index is 1.33. The predicted octanol–water partition coefficient (Wildman–Crippen LogP) is 11.1. The molecular weight excluding hydrogens is 490 g/mol. The summed E-state index contributed by atoms with van der Waals surface area (Å²) < 4.78 is 1.34. The van der Waals surface area contributed by atoms with Crippen molar-refractivity contribution in [3.05, 3.63) is 150 Å². The second-order valence-electron chi connectivity index (χ2n) is 9.74. The Morgan fingerprint density at radius 1 is 0.513 bits per heavy atom. The highest BCUT2D eigenvalue weighted by atomic mass is 32.1. The van der Waals surface area contributed by atoms with Gasteiger partial charge in [0.25, 0.3) is 0 Å². The monoisotopic (exact) mass is 517 g/mol. The molecule has 186 valence electrons. The maximum absolute atomic E-state index is 2.34. The number of hydrogen-bond donors (Lipinski definition) is 0. The third-order valence-electron chi connectivity index (χ3n) is 7.27. The van der Waals surface area contributed by atoms with E-state index in [1.807, 2.05) is 11.3 Å². The number of allylic oxidation sites excluding steroid dienone is 2. The average molecular weight is 518 g/mol. The van der Waals surface area contributed by atoms with E-state index < -0.39 is 0 Å². The topological polar surface area (TPSA) is 3.24 Å². The Labute approximate surface area is 233 Å². The minimum atomic E-state index is 0.992. The van der Waals surface area contributed by atoms with E-state index in [1.54, 1.807) is 0 Å². The Morgan fingerprint density at radius 3 is 1.97 bits per heavy atom. The van der Waals surface area contributed by atoms with Crippen molar-refractivity contribution in [3.63, 3.8) is 0 Å². The molecule has 1 heterocycles. The van der Waals surface area contributed by atoms with Crippen LogP contribution in [0.15, 0.2) is 140 Å². The van der Waals surface area contributed by atoms with Gasteiger partial charge in [0.1, 0.15) is 0 Å². The molecule has 0 unspecified atom stereocenters. The summed E-state index contributed by atoms with van der Waals surface area (Å²) in [6.45, 7) is 0. The minimum Gasteiger partial charge on any atom is -0.310 e. The SMILES string of the molecule is C1=Cc2sc3c(-c4cccc(N(c5ccccc5)c5ccc(-c6ccccc6)cc5)c4)cccc3c2C=CC1. The lowest BCUT2D eigenvalue weighted by Crippen LogP contribution is -2.09. The van der Waals surface area contributed by atoms with E-state index >= 15 is 0 Å². The van der Waals surface area contributed by atoms with Crippen LogP contribution in [-0.4, -0.2) is 0 Å². The van der Waals surface area contributed by atoms with E-state index in [2.05, 4.69) is 157 Å². The van der Waals surface area contributed by atoms with Crippen LogP contribution in [0.5, 0.6) is 0 Å². The second-order valence-corrected chi connectivity index (χ2v) is 10.8. The summed E-state index contributed by atoms with van der Waals surface area (Å²) in [4.78, 5) is 3.68. The zero-order valence-electron chi connectivity index (χ0n) is 21.5. The number of nitrogens with zero attached hydrogens (tertiary/aromatic N) is 1. The van der Waals surface area contributed by atoms with Crippen LogP contribution >= 0.6 is 11.3 Å². The molecule has 0 aliphatic heterocycles. The molecule has 0 saturated carbocycles. The highest BCUT2D eigenvalue weighted by Gasteiger charge is 2.16. The van der Waals surface area contributed by atoms with Crippen molar-refractivity contribution in [2.45, 2.75) is 6.42 Å². The van der Waals surface area contributed by atoms with Gasteiger partial charge in [0.05, 0.1) is 0 Å². The molecule has 0 spiro atoms. The second kappa shape index (κ2) is 10.2. The Bertz CT molecular complexity index is 1810. The molecule has 1 nitrogen and oxygen atoms in total. The number of rotatable bonds is 5. The lowest BCUT2D eigenvalue weighted by molar-refractivity contribution is 1.28. The molecule has 2 heteroatoms. The summed E-state index contributed by atoms with van der Waals surface area (Å²) in [6.07, 6.45) is 10.1. The van der Waals surface area contributed by atoms with Gasteiger partial charge in [-0.2, -0.15) is 0 Å². The van der Waals surface area contributed by atoms with Crippen LogP contribution < -0.4 is 4.90 Å². The first-order valence-electron chi connectivity index (χ1n) is 13.3. The smallest absolute Gasteiger partial charge is 0.0467 e. The van der Waals surface area contributed by atoms with Crippen molar-refractivity contribution in [2.24, 2.45) is 0 Å². The van der Waals surface area contributed by atoms with E-state index in [0.29, 0.717) is 0 Å². The van der Waals surface area contributed by atoms with E-state index in [-0.39, 0.29) is 0 Å². The molecule has 0 atom stereocenters. The third-order valence-corrected chi connectivity index (χ3v) is 8.49. The van der Waals surface area contributed by atoms with Gasteiger partial charge in [-0.05, 0) is 71.1 Å². The fourth-order valence-electron chi connectivity index (χ4n) is 5.39. The van der Waals surface area contributed by atoms with Gasteiger partial charge >= 0.3 is 0 Å². The summed E-state index contributed by atoms with van der Waals surface area (Å²) in [5.74, 6) is 0. The van der Waals surface area contributed by atoms with Gasteiger partial charge < -0.3 is 4.90 Å². The van der Waals surface area contributed by atoms with Crippen molar-refractivity contribution in [1.82, 2.24) is 0 Å².